The predicted octanol–water partition coefficient (Wildman–Crippen LogP) is 0.605. The van der Waals surface area contributed by atoms with Crippen LogP contribution in [0.1, 0.15) is 19.8 Å². The molecule has 10 heavy (non-hydrogen) atoms. The van der Waals surface area contributed by atoms with Crippen LogP contribution in [0.3, 0.4) is 0 Å². The molecular weight excluding hydrogens is 180 g/mol. The molecule has 62 valence electrons. The van der Waals surface area contributed by atoms with Gasteiger partial charge in [-0.3, -0.25) is 0 Å². The fraction of sp³-hybridized carbons (Fsp3) is 1.00. The summed E-state index contributed by atoms with van der Waals surface area (Å²) in [4.78, 5) is 0. The topological polar surface area (TPSA) is 63.6 Å². The Morgan fingerprint density at radius 2 is 2.20 bits per heavy atom. The first-order valence-corrected chi connectivity index (χ1v) is 4.54. The monoisotopic (exact) mass is 188 g/mol. The Morgan fingerprint density at radius 3 is 2.50 bits per heavy atom. The minimum absolute atomic E-state index is 0.134. The van der Waals surface area contributed by atoms with Gasteiger partial charge in [0.15, 0.2) is 5.44 Å². The molecule has 1 atom stereocenters. The van der Waals surface area contributed by atoms with Crippen LogP contribution in [0.25, 0.3) is 0 Å². The molecule has 0 rings (SSSR count). The highest BCUT2D eigenvalue weighted by atomic mass is 35.5. The van der Waals surface area contributed by atoms with Crippen LogP contribution in [0.4, 0.5) is 0 Å². The van der Waals surface area contributed by atoms with Gasteiger partial charge in [0.25, 0.3) is 0 Å². The van der Waals surface area contributed by atoms with Gasteiger partial charge >= 0.3 is 10.1 Å². The normalized spacial score (nSPS) is 15.1. The fourth-order valence-electron chi connectivity index (χ4n) is 0.433. The van der Waals surface area contributed by atoms with E-state index in [2.05, 4.69) is 15.6 Å². The van der Waals surface area contributed by atoms with Crippen molar-refractivity contribution in [3.8, 4) is 0 Å². The van der Waals surface area contributed by atoms with Gasteiger partial charge in [0.05, 0.1) is 11.9 Å². The summed E-state index contributed by atoms with van der Waals surface area (Å²) in [5.41, 5.74) is -1.50. The Labute approximate surface area is 65.1 Å². The molecule has 0 aliphatic carbocycles. The molecule has 0 fully saturated rings. The maximum absolute atomic E-state index is 10.5. The molecule has 0 aliphatic rings. The third-order valence-electron chi connectivity index (χ3n) is 0.957. The zero-order valence-corrected chi connectivity index (χ0v) is 7.02. The van der Waals surface area contributed by atoms with E-state index < -0.39 is 15.6 Å². The zero-order chi connectivity index (χ0) is 8.20. The van der Waals surface area contributed by atoms with Crippen LogP contribution >= 0.6 is 11.9 Å². The van der Waals surface area contributed by atoms with Gasteiger partial charge < -0.3 is 5.11 Å². The summed E-state index contributed by atoms with van der Waals surface area (Å²) in [6.45, 7) is 1.74. The van der Waals surface area contributed by atoms with Gasteiger partial charge in [-0.05, 0) is 6.42 Å². The molecule has 0 aromatic carbocycles. The number of hydrogen-bond donors (Lipinski definition) is 1. The molecule has 0 bridgehead atoms. The third-order valence-corrected chi connectivity index (χ3v) is 2.56. The van der Waals surface area contributed by atoms with E-state index in [-0.39, 0.29) is 6.42 Å². The lowest BCUT2D eigenvalue weighted by Crippen LogP contribution is -2.19. The zero-order valence-electron chi connectivity index (χ0n) is 5.45. The Balaban J connectivity index is 4.06. The highest BCUT2D eigenvalue weighted by Crippen LogP contribution is 2.08. The van der Waals surface area contributed by atoms with E-state index in [4.69, 9.17) is 5.11 Å². The Hall–Kier alpha value is 0.160. The molecule has 0 aromatic heterocycles. The second-order valence-electron chi connectivity index (χ2n) is 1.80. The van der Waals surface area contributed by atoms with Crippen molar-refractivity contribution in [3.05, 3.63) is 0 Å². The first-order chi connectivity index (χ1) is 4.54. The van der Waals surface area contributed by atoms with E-state index in [0.29, 0.717) is 6.42 Å². The Bertz CT molecular complexity index is 176. The van der Waals surface area contributed by atoms with Crippen LogP contribution < -0.4 is 0 Å². The maximum Gasteiger partial charge on any atom is 0.310 e. The average molecular weight is 189 g/mol. The lowest BCUT2D eigenvalue weighted by Gasteiger charge is -2.05. The van der Waals surface area contributed by atoms with Crippen molar-refractivity contribution in [1.29, 1.82) is 0 Å². The number of halogens is 1. The summed E-state index contributed by atoms with van der Waals surface area (Å²) in [7, 11) is -3.94. The second kappa shape index (κ2) is 4.12. The van der Waals surface area contributed by atoms with E-state index in [1.807, 2.05) is 0 Å². The van der Waals surface area contributed by atoms with Crippen molar-refractivity contribution in [2.24, 2.45) is 0 Å². The first-order valence-electron chi connectivity index (χ1n) is 2.76. The van der Waals surface area contributed by atoms with E-state index >= 15 is 0 Å². The molecule has 1 unspecified atom stereocenters. The van der Waals surface area contributed by atoms with Crippen molar-refractivity contribution < 1.29 is 17.3 Å². The third kappa shape index (κ3) is 2.83. The van der Waals surface area contributed by atoms with Crippen LogP contribution in [0.15, 0.2) is 0 Å². The van der Waals surface area contributed by atoms with Crippen LogP contribution in [-0.4, -0.2) is 19.0 Å². The molecular formula is C4H9ClO4S. The molecule has 0 spiro atoms. The molecule has 0 aliphatic heterocycles. The van der Waals surface area contributed by atoms with E-state index in [9.17, 15) is 8.42 Å². The SMILES string of the molecule is CCCC(O)S(=O)(=O)OCl. The fourth-order valence-corrected chi connectivity index (χ4v) is 1.29. The van der Waals surface area contributed by atoms with Gasteiger partial charge in [-0.2, -0.15) is 12.2 Å². The lowest BCUT2D eigenvalue weighted by molar-refractivity contribution is 0.225. The summed E-state index contributed by atoms with van der Waals surface area (Å²) in [6, 6.07) is 0. The minimum atomic E-state index is -3.94. The summed E-state index contributed by atoms with van der Waals surface area (Å²) in [5, 5.41) is 8.78. The summed E-state index contributed by atoms with van der Waals surface area (Å²) >= 11 is 4.58. The van der Waals surface area contributed by atoms with Crippen molar-refractivity contribution in [3.63, 3.8) is 0 Å². The molecule has 0 saturated heterocycles. The molecule has 6 heteroatoms. The van der Waals surface area contributed by atoms with Gasteiger partial charge in [0, 0.05) is 0 Å². The van der Waals surface area contributed by atoms with Gasteiger partial charge in [0.1, 0.15) is 0 Å². The van der Waals surface area contributed by atoms with Gasteiger partial charge in [-0.1, -0.05) is 13.3 Å². The quantitative estimate of drug-likeness (QED) is 0.702. The van der Waals surface area contributed by atoms with Gasteiger partial charge in [0.2, 0.25) is 0 Å². The molecule has 0 saturated carbocycles. The van der Waals surface area contributed by atoms with Crippen molar-refractivity contribution in [2.45, 2.75) is 25.2 Å². The lowest BCUT2D eigenvalue weighted by atomic mass is 10.4. The summed E-state index contributed by atoms with van der Waals surface area (Å²) in [5.74, 6) is 0. The second-order valence-corrected chi connectivity index (χ2v) is 3.83. The van der Waals surface area contributed by atoms with Crippen molar-refractivity contribution >= 4 is 22.0 Å². The van der Waals surface area contributed by atoms with E-state index in [0.717, 1.165) is 0 Å². The Morgan fingerprint density at radius 1 is 1.70 bits per heavy atom. The van der Waals surface area contributed by atoms with E-state index in [1.54, 1.807) is 6.92 Å². The van der Waals surface area contributed by atoms with Crippen LogP contribution in [-0.2, 0) is 13.9 Å². The summed E-state index contributed by atoms with van der Waals surface area (Å²) < 4.78 is 24.5. The Kier molecular flexibility index (Phi) is 4.19. The highest BCUT2D eigenvalue weighted by Gasteiger charge is 2.21. The number of aliphatic hydroxyl groups excluding tert-OH is 1. The molecule has 1 N–H and O–H groups in total. The smallest absolute Gasteiger partial charge is 0.310 e. The minimum Gasteiger partial charge on any atom is -0.375 e. The van der Waals surface area contributed by atoms with Crippen LogP contribution in [0.2, 0.25) is 0 Å². The van der Waals surface area contributed by atoms with Crippen LogP contribution in [0, 0.1) is 0 Å². The van der Waals surface area contributed by atoms with E-state index in [1.165, 1.54) is 0 Å². The highest BCUT2D eigenvalue weighted by molar-refractivity contribution is 7.87. The number of aliphatic hydroxyl groups is 1. The summed E-state index contributed by atoms with van der Waals surface area (Å²) in [6.07, 6.45) is 0.690. The molecule has 0 heterocycles. The van der Waals surface area contributed by atoms with Crippen LogP contribution in [0.5, 0.6) is 0 Å². The van der Waals surface area contributed by atoms with Gasteiger partial charge in [-0.25, -0.2) is 0 Å². The predicted molar refractivity (Wildman–Crippen MR) is 36.8 cm³/mol. The first kappa shape index (κ1) is 10.2. The number of rotatable bonds is 4. The van der Waals surface area contributed by atoms with Crippen molar-refractivity contribution in [1.82, 2.24) is 0 Å². The maximum atomic E-state index is 10.5. The molecule has 0 aromatic rings. The van der Waals surface area contributed by atoms with Gasteiger partial charge in [-0.15, -0.1) is 0 Å². The number of hydrogen-bond acceptors (Lipinski definition) is 4. The standard InChI is InChI=1S/C4H9ClO4S/c1-2-3-4(6)10(7,8)9-5/h4,6H,2-3H2,1H3. The van der Waals surface area contributed by atoms with Crippen molar-refractivity contribution in [2.75, 3.05) is 0 Å². The molecule has 0 amide bonds. The molecule has 0 radical (unpaired) electrons. The largest absolute Gasteiger partial charge is 0.375 e. The molecule has 4 nitrogen and oxygen atoms in total. The average Bonchev–Trinajstić information content (AvgIpc) is 1.89.